The first-order valence-corrected chi connectivity index (χ1v) is 5.46. The van der Waals surface area contributed by atoms with Gasteiger partial charge >= 0.3 is 0 Å². The number of hydrogen-bond acceptors (Lipinski definition) is 0. The van der Waals surface area contributed by atoms with Crippen molar-refractivity contribution in [3.8, 4) is 0 Å². The molecule has 0 nitrogen and oxygen atoms in total. The van der Waals surface area contributed by atoms with E-state index in [0.29, 0.717) is 5.41 Å². The van der Waals surface area contributed by atoms with Crippen LogP contribution in [0.25, 0.3) is 0 Å². The minimum Gasteiger partial charge on any atom is -0.0995 e. The second kappa shape index (κ2) is 2.50. The molecule has 1 fully saturated rings. The minimum absolute atomic E-state index is 0.526. The van der Waals surface area contributed by atoms with Crippen molar-refractivity contribution in [2.75, 3.05) is 0 Å². The van der Waals surface area contributed by atoms with Crippen molar-refractivity contribution < 1.29 is 0 Å². The van der Waals surface area contributed by atoms with E-state index in [4.69, 9.17) is 0 Å². The van der Waals surface area contributed by atoms with Gasteiger partial charge in [-0.1, -0.05) is 35.9 Å². The van der Waals surface area contributed by atoms with E-state index in [2.05, 4.69) is 31.7 Å². The Kier molecular flexibility index (Phi) is 1.48. The van der Waals surface area contributed by atoms with Crippen LogP contribution in [-0.4, -0.2) is 0 Å². The quantitative estimate of drug-likeness (QED) is 0.541. The fourth-order valence-electron chi connectivity index (χ4n) is 2.89. The highest BCUT2D eigenvalue weighted by molar-refractivity contribution is 5.46. The Bertz CT molecular complexity index is 408. The van der Waals surface area contributed by atoms with E-state index in [1.807, 2.05) is 0 Å². The predicted octanol–water partition coefficient (Wildman–Crippen LogP) is 3.53. The molecule has 0 amide bonds. The highest BCUT2D eigenvalue weighted by Crippen LogP contribution is 2.56. The zero-order valence-corrected chi connectivity index (χ0v) is 8.77. The summed E-state index contributed by atoms with van der Waals surface area (Å²) in [5.74, 6) is 0. The Morgan fingerprint density at radius 1 is 1.29 bits per heavy atom. The standard InChI is InChI=1S/C14H16/c1-10-3-4-13-12(7-10)8-11(2)9-14(13)5-6-14/h3-4,7H,2,5-6,8-9H2,1H3. The number of benzene rings is 1. The van der Waals surface area contributed by atoms with Crippen molar-refractivity contribution in [3.05, 3.63) is 47.0 Å². The van der Waals surface area contributed by atoms with Gasteiger partial charge in [-0.2, -0.15) is 0 Å². The molecule has 0 N–H and O–H groups in total. The Morgan fingerprint density at radius 3 is 2.79 bits per heavy atom. The fourth-order valence-corrected chi connectivity index (χ4v) is 2.89. The molecular formula is C14H16. The van der Waals surface area contributed by atoms with Crippen LogP contribution in [0.4, 0.5) is 0 Å². The highest BCUT2D eigenvalue weighted by atomic mass is 14.5. The first-order chi connectivity index (χ1) is 6.70. The summed E-state index contributed by atoms with van der Waals surface area (Å²) in [6.45, 7) is 6.36. The van der Waals surface area contributed by atoms with Gasteiger partial charge in [-0.15, -0.1) is 0 Å². The van der Waals surface area contributed by atoms with Crippen LogP contribution in [0.15, 0.2) is 30.4 Å². The zero-order valence-electron chi connectivity index (χ0n) is 8.77. The fraction of sp³-hybridized carbons (Fsp3) is 0.429. The van der Waals surface area contributed by atoms with Gasteiger partial charge in [0.2, 0.25) is 0 Å². The molecule has 1 saturated carbocycles. The minimum atomic E-state index is 0.526. The second-order valence-corrected chi connectivity index (χ2v) is 5.04. The first kappa shape index (κ1) is 8.28. The lowest BCUT2D eigenvalue weighted by Gasteiger charge is -2.27. The lowest BCUT2D eigenvalue weighted by molar-refractivity contribution is 0.635. The largest absolute Gasteiger partial charge is 0.0995 e. The number of rotatable bonds is 0. The summed E-state index contributed by atoms with van der Waals surface area (Å²) in [7, 11) is 0. The molecule has 0 saturated heterocycles. The molecule has 1 spiro atoms. The van der Waals surface area contributed by atoms with E-state index in [0.717, 1.165) is 6.42 Å². The van der Waals surface area contributed by atoms with Gasteiger partial charge in [-0.25, -0.2) is 0 Å². The Labute approximate surface area is 85.6 Å². The number of allylic oxidation sites excluding steroid dienone is 1. The van der Waals surface area contributed by atoms with Crippen molar-refractivity contribution in [1.82, 2.24) is 0 Å². The maximum Gasteiger partial charge on any atom is -0.000638 e. The van der Waals surface area contributed by atoms with Crippen molar-refractivity contribution in [2.24, 2.45) is 0 Å². The van der Waals surface area contributed by atoms with Crippen molar-refractivity contribution >= 4 is 0 Å². The summed E-state index contributed by atoms with van der Waals surface area (Å²) in [6, 6.07) is 6.96. The van der Waals surface area contributed by atoms with E-state index in [9.17, 15) is 0 Å². The number of aryl methyl sites for hydroxylation is 1. The van der Waals surface area contributed by atoms with Gasteiger partial charge < -0.3 is 0 Å². The summed E-state index contributed by atoms with van der Waals surface area (Å²) >= 11 is 0. The lowest BCUT2D eigenvalue weighted by atomic mass is 9.77. The van der Waals surface area contributed by atoms with Crippen LogP contribution in [0.5, 0.6) is 0 Å². The SMILES string of the molecule is C=C1Cc2cc(C)ccc2C2(CC2)C1. The Balaban J connectivity index is 2.17. The van der Waals surface area contributed by atoms with Crippen LogP contribution in [0, 0.1) is 6.92 Å². The van der Waals surface area contributed by atoms with Crippen molar-refractivity contribution in [2.45, 2.75) is 38.0 Å². The summed E-state index contributed by atoms with van der Waals surface area (Å²) < 4.78 is 0. The molecule has 0 radical (unpaired) electrons. The molecule has 3 rings (SSSR count). The third-order valence-electron chi connectivity index (χ3n) is 3.71. The Morgan fingerprint density at radius 2 is 2.07 bits per heavy atom. The van der Waals surface area contributed by atoms with Crippen LogP contribution >= 0.6 is 0 Å². The smallest absolute Gasteiger partial charge is 0.000638 e. The molecular weight excluding hydrogens is 168 g/mol. The molecule has 0 unspecified atom stereocenters. The Hall–Kier alpha value is -1.04. The number of fused-ring (bicyclic) bond motifs is 2. The molecule has 0 aliphatic heterocycles. The molecule has 1 aromatic rings. The third-order valence-corrected chi connectivity index (χ3v) is 3.71. The van der Waals surface area contributed by atoms with E-state index in [1.54, 1.807) is 11.1 Å². The van der Waals surface area contributed by atoms with Crippen molar-refractivity contribution in [3.63, 3.8) is 0 Å². The molecule has 72 valence electrons. The van der Waals surface area contributed by atoms with Gasteiger partial charge in [0.25, 0.3) is 0 Å². The average Bonchev–Trinajstić information content (AvgIpc) is 2.84. The first-order valence-electron chi connectivity index (χ1n) is 5.46. The maximum absolute atomic E-state index is 4.18. The molecule has 0 heterocycles. The van der Waals surface area contributed by atoms with Gasteiger partial charge in [0, 0.05) is 0 Å². The molecule has 14 heavy (non-hydrogen) atoms. The molecule has 0 atom stereocenters. The zero-order chi connectivity index (χ0) is 9.76. The molecule has 2 aliphatic carbocycles. The topological polar surface area (TPSA) is 0 Å². The predicted molar refractivity (Wildman–Crippen MR) is 59.6 cm³/mol. The van der Waals surface area contributed by atoms with Gasteiger partial charge in [-0.3, -0.25) is 0 Å². The van der Waals surface area contributed by atoms with Gasteiger partial charge in [-0.05, 0) is 49.1 Å². The average molecular weight is 184 g/mol. The van der Waals surface area contributed by atoms with Crippen LogP contribution in [-0.2, 0) is 11.8 Å². The summed E-state index contributed by atoms with van der Waals surface area (Å²) in [4.78, 5) is 0. The molecule has 1 aromatic carbocycles. The van der Waals surface area contributed by atoms with Gasteiger partial charge in [0.15, 0.2) is 0 Å². The summed E-state index contributed by atoms with van der Waals surface area (Å²) in [5.41, 5.74) is 6.50. The molecule has 0 heteroatoms. The van der Waals surface area contributed by atoms with Crippen LogP contribution in [0.3, 0.4) is 0 Å². The van der Waals surface area contributed by atoms with Crippen LogP contribution in [0.1, 0.15) is 36.0 Å². The molecule has 0 aromatic heterocycles. The van der Waals surface area contributed by atoms with Crippen LogP contribution in [0.2, 0.25) is 0 Å². The van der Waals surface area contributed by atoms with E-state index in [1.165, 1.54) is 30.4 Å². The van der Waals surface area contributed by atoms with E-state index < -0.39 is 0 Å². The molecule has 0 bridgehead atoms. The lowest BCUT2D eigenvalue weighted by Crippen LogP contribution is -2.17. The summed E-state index contributed by atoms with van der Waals surface area (Å²) in [5, 5.41) is 0. The normalized spacial score (nSPS) is 22.2. The third kappa shape index (κ3) is 1.06. The van der Waals surface area contributed by atoms with E-state index in [-0.39, 0.29) is 0 Å². The maximum atomic E-state index is 4.18. The van der Waals surface area contributed by atoms with Crippen molar-refractivity contribution in [1.29, 1.82) is 0 Å². The second-order valence-electron chi connectivity index (χ2n) is 5.04. The number of hydrogen-bond donors (Lipinski definition) is 0. The van der Waals surface area contributed by atoms with Gasteiger partial charge in [0.1, 0.15) is 0 Å². The highest BCUT2D eigenvalue weighted by Gasteiger charge is 2.47. The summed E-state index contributed by atoms with van der Waals surface area (Å²) in [6.07, 6.45) is 5.10. The monoisotopic (exact) mass is 184 g/mol. The van der Waals surface area contributed by atoms with E-state index >= 15 is 0 Å². The van der Waals surface area contributed by atoms with Crippen LogP contribution < -0.4 is 0 Å². The molecule has 2 aliphatic rings. The van der Waals surface area contributed by atoms with Gasteiger partial charge in [0.05, 0.1) is 0 Å².